The molecule has 82 valence electrons. The van der Waals surface area contributed by atoms with Crippen molar-refractivity contribution in [1.82, 2.24) is 0 Å². The molecule has 1 aliphatic heterocycles. The van der Waals surface area contributed by atoms with Crippen molar-refractivity contribution in [2.24, 2.45) is 5.92 Å². The molecule has 0 bridgehead atoms. The van der Waals surface area contributed by atoms with E-state index in [1.807, 2.05) is 17.0 Å². The van der Waals surface area contributed by atoms with Gasteiger partial charge >= 0.3 is 0 Å². The van der Waals surface area contributed by atoms with Crippen LogP contribution < -0.4 is 4.90 Å². The second-order valence-electron chi connectivity index (χ2n) is 4.30. The van der Waals surface area contributed by atoms with Crippen molar-refractivity contribution in [3.63, 3.8) is 0 Å². The molecule has 1 aromatic rings. The molecule has 1 heterocycles. The lowest BCUT2D eigenvalue weighted by molar-refractivity contribution is -0.118. The van der Waals surface area contributed by atoms with Gasteiger partial charge in [0.2, 0.25) is 0 Å². The minimum absolute atomic E-state index is 0.0285. The van der Waals surface area contributed by atoms with Gasteiger partial charge in [-0.25, -0.2) is 0 Å². The van der Waals surface area contributed by atoms with Gasteiger partial charge in [0.15, 0.2) is 5.78 Å². The smallest absolute Gasteiger partial charge is 0.170 e. The minimum Gasteiger partial charge on any atom is -0.362 e. The lowest BCUT2D eigenvalue weighted by atomic mass is 10.1. The average Bonchev–Trinajstić information content (AvgIpc) is 2.64. The van der Waals surface area contributed by atoms with Gasteiger partial charge in [-0.2, -0.15) is 5.26 Å². The topological polar surface area (TPSA) is 44.1 Å². The zero-order chi connectivity index (χ0) is 11.7. The first-order chi connectivity index (χ1) is 7.61. The van der Waals surface area contributed by atoms with E-state index in [-0.39, 0.29) is 5.78 Å². The van der Waals surface area contributed by atoms with E-state index in [1.54, 1.807) is 0 Å². The maximum atomic E-state index is 11.5. The molecule has 1 fully saturated rings. The number of carbonyl (C=O) groups is 1. The van der Waals surface area contributed by atoms with E-state index in [1.165, 1.54) is 11.1 Å². The summed E-state index contributed by atoms with van der Waals surface area (Å²) in [7, 11) is 0. The van der Waals surface area contributed by atoms with Crippen molar-refractivity contribution in [3.8, 4) is 6.07 Å². The molecule has 2 rings (SSSR count). The Labute approximate surface area is 95.3 Å². The fourth-order valence-electron chi connectivity index (χ4n) is 1.92. The lowest BCUT2D eigenvalue weighted by Crippen LogP contribution is -2.19. The van der Waals surface area contributed by atoms with E-state index in [0.717, 1.165) is 5.69 Å². The fraction of sp³-hybridized carbons (Fsp3) is 0.385. The molecule has 0 amide bonds. The molecule has 0 aromatic heterocycles. The largest absolute Gasteiger partial charge is 0.362 e. The average molecular weight is 214 g/mol. The third-order valence-electron chi connectivity index (χ3n) is 3.15. The van der Waals surface area contributed by atoms with Crippen molar-refractivity contribution < 1.29 is 4.79 Å². The van der Waals surface area contributed by atoms with Gasteiger partial charge in [-0.15, -0.1) is 0 Å². The Hall–Kier alpha value is -1.82. The van der Waals surface area contributed by atoms with Crippen molar-refractivity contribution in [1.29, 1.82) is 5.26 Å². The van der Waals surface area contributed by atoms with Crippen molar-refractivity contribution >= 4 is 11.5 Å². The van der Waals surface area contributed by atoms with Crippen LogP contribution >= 0.6 is 0 Å². The molecule has 1 atom stereocenters. The summed E-state index contributed by atoms with van der Waals surface area (Å²) in [6.07, 6.45) is 0. The van der Waals surface area contributed by atoms with Crippen molar-refractivity contribution in [2.45, 2.75) is 13.8 Å². The molecule has 0 spiro atoms. The molecule has 0 aliphatic carbocycles. The maximum Gasteiger partial charge on any atom is 0.170 e. The van der Waals surface area contributed by atoms with Crippen LogP contribution in [-0.2, 0) is 4.79 Å². The predicted octanol–water partition coefficient (Wildman–Crippen LogP) is 1.83. The molecule has 1 aliphatic rings. The first-order valence-corrected chi connectivity index (χ1v) is 5.36. The summed E-state index contributed by atoms with van der Waals surface area (Å²) in [6.45, 7) is 5.00. The van der Waals surface area contributed by atoms with Crippen LogP contribution in [0.5, 0.6) is 0 Å². The second-order valence-corrected chi connectivity index (χ2v) is 4.30. The number of anilines is 1. The second kappa shape index (κ2) is 3.97. The fourth-order valence-corrected chi connectivity index (χ4v) is 1.92. The summed E-state index contributed by atoms with van der Waals surface area (Å²) in [5.41, 5.74) is 3.49. The Kier molecular flexibility index (Phi) is 2.66. The van der Waals surface area contributed by atoms with Gasteiger partial charge < -0.3 is 4.90 Å². The molecule has 16 heavy (non-hydrogen) atoms. The maximum absolute atomic E-state index is 11.5. The van der Waals surface area contributed by atoms with Gasteiger partial charge in [-0.05, 0) is 37.1 Å². The van der Waals surface area contributed by atoms with E-state index in [2.05, 4.69) is 26.0 Å². The first-order valence-electron chi connectivity index (χ1n) is 5.36. The molecule has 0 radical (unpaired) electrons. The highest BCUT2D eigenvalue weighted by molar-refractivity contribution is 5.91. The monoisotopic (exact) mass is 214 g/mol. The van der Waals surface area contributed by atoms with Crippen molar-refractivity contribution in [2.75, 3.05) is 18.0 Å². The summed E-state index contributed by atoms with van der Waals surface area (Å²) in [5, 5.41) is 8.80. The number of nitriles is 1. The number of aryl methyl sites for hydroxylation is 2. The van der Waals surface area contributed by atoms with Gasteiger partial charge in [0.1, 0.15) is 5.92 Å². The Morgan fingerprint density at radius 2 is 2.12 bits per heavy atom. The number of rotatable bonds is 1. The number of Topliss-reactive ketones (excluding diaryl/α,β-unsaturated/α-hetero) is 1. The van der Waals surface area contributed by atoms with E-state index in [4.69, 9.17) is 5.26 Å². The van der Waals surface area contributed by atoms with E-state index in [0.29, 0.717) is 13.1 Å². The van der Waals surface area contributed by atoms with E-state index < -0.39 is 5.92 Å². The van der Waals surface area contributed by atoms with Crippen LogP contribution in [0.15, 0.2) is 18.2 Å². The third kappa shape index (κ3) is 1.79. The zero-order valence-electron chi connectivity index (χ0n) is 9.53. The molecule has 1 aromatic carbocycles. The molecular formula is C13H14N2O. The van der Waals surface area contributed by atoms with E-state index >= 15 is 0 Å². The summed E-state index contributed by atoms with van der Waals surface area (Å²) >= 11 is 0. The zero-order valence-corrected chi connectivity index (χ0v) is 9.53. The van der Waals surface area contributed by atoms with Crippen LogP contribution in [0.25, 0.3) is 0 Å². The van der Waals surface area contributed by atoms with Crippen molar-refractivity contribution in [3.05, 3.63) is 29.3 Å². The molecule has 1 saturated heterocycles. The van der Waals surface area contributed by atoms with Crippen LogP contribution in [0.2, 0.25) is 0 Å². The van der Waals surface area contributed by atoms with Crippen LogP contribution in [0.3, 0.4) is 0 Å². The summed E-state index contributed by atoms with van der Waals surface area (Å²) in [4.78, 5) is 13.5. The Morgan fingerprint density at radius 1 is 1.38 bits per heavy atom. The standard InChI is InChI=1S/C13H14N2O/c1-9-3-4-12(5-10(9)2)15-7-11(6-14)13(16)8-15/h3-5,11H,7-8H2,1-2H3/t11-/m1/s1. The molecular weight excluding hydrogens is 200 g/mol. The highest BCUT2D eigenvalue weighted by Crippen LogP contribution is 2.23. The van der Waals surface area contributed by atoms with Gasteiger partial charge in [-0.1, -0.05) is 6.07 Å². The highest BCUT2D eigenvalue weighted by Gasteiger charge is 2.30. The number of hydrogen-bond donors (Lipinski definition) is 0. The number of carbonyl (C=O) groups excluding carboxylic acids is 1. The summed E-state index contributed by atoms with van der Waals surface area (Å²) in [6, 6.07) is 8.18. The van der Waals surface area contributed by atoms with Gasteiger partial charge in [0, 0.05) is 12.2 Å². The summed E-state index contributed by atoms with van der Waals surface area (Å²) in [5.74, 6) is -0.428. The van der Waals surface area contributed by atoms with Crippen LogP contribution in [0, 0.1) is 31.1 Å². The Bertz CT molecular complexity index is 473. The lowest BCUT2D eigenvalue weighted by Gasteiger charge is -2.17. The van der Waals surface area contributed by atoms with Crippen LogP contribution in [0.4, 0.5) is 5.69 Å². The van der Waals surface area contributed by atoms with Gasteiger partial charge in [0.25, 0.3) is 0 Å². The first kappa shape index (κ1) is 10.7. The quantitative estimate of drug-likeness (QED) is 0.716. The SMILES string of the molecule is Cc1ccc(N2CC(=O)[C@H](C#N)C2)cc1C. The van der Waals surface area contributed by atoms with Gasteiger partial charge in [-0.3, -0.25) is 4.79 Å². The molecule has 0 unspecified atom stereocenters. The van der Waals surface area contributed by atoms with Crippen LogP contribution in [0.1, 0.15) is 11.1 Å². The Morgan fingerprint density at radius 3 is 2.69 bits per heavy atom. The van der Waals surface area contributed by atoms with Gasteiger partial charge in [0.05, 0.1) is 12.6 Å². The van der Waals surface area contributed by atoms with E-state index in [9.17, 15) is 4.79 Å². The predicted molar refractivity (Wildman–Crippen MR) is 62.2 cm³/mol. The molecule has 3 nitrogen and oxygen atoms in total. The number of benzene rings is 1. The molecule has 3 heteroatoms. The summed E-state index contributed by atoms with van der Waals surface area (Å²) < 4.78 is 0. The van der Waals surface area contributed by atoms with Crippen LogP contribution in [-0.4, -0.2) is 18.9 Å². The Balaban J connectivity index is 2.24. The third-order valence-corrected chi connectivity index (χ3v) is 3.15. The molecule has 0 saturated carbocycles. The number of nitrogens with zero attached hydrogens (tertiary/aromatic N) is 2. The highest BCUT2D eigenvalue weighted by atomic mass is 16.1. The number of ketones is 1. The minimum atomic E-state index is -0.457. The number of hydrogen-bond acceptors (Lipinski definition) is 3. The normalized spacial score (nSPS) is 19.9. The molecule has 0 N–H and O–H groups in total.